The molecule has 18 heavy (non-hydrogen) atoms. The number of hydrogen-bond acceptors (Lipinski definition) is 0. The molecule has 0 atom stereocenters. The lowest BCUT2D eigenvalue weighted by atomic mass is 10.1. The summed E-state index contributed by atoms with van der Waals surface area (Å²) >= 11 is 0. The minimum atomic E-state index is 0.852. The van der Waals surface area contributed by atoms with Gasteiger partial charge in [-0.15, -0.1) is 0 Å². The molecule has 0 bridgehead atoms. The van der Waals surface area contributed by atoms with Gasteiger partial charge in [-0.1, -0.05) is 72.8 Å². The van der Waals surface area contributed by atoms with E-state index in [2.05, 4.69) is 36.4 Å². The Kier molecular flexibility index (Phi) is 5.01. The summed E-state index contributed by atoms with van der Waals surface area (Å²) < 4.78 is 0. The highest BCUT2D eigenvalue weighted by Gasteiger charge is 1.86. The maximum Gasteiger partial charge on any atom is -0.00229 e. The van der Waals surface area contributed by atoms with Crippen LogP contribution in [0.25, 0.3) is 0 Å². The molecule has 0 saturated carbocycles. The molecule has 0 N–H and O–H groups in total. The first-order chi connectivity index (χ1) is 8.95. The van der Waals surface area contributed by atoms with Crippen LogP contribution in [0.15, 0.2) is 72.8 Å². The van der Waals surface area contributed by atoms with Crippen LogP contribution in [0.1, 0.15) is 11.1 Å². The molecule has 0 aliphatic carbocycles. The Bertz CT molecular complexity index is 443. The van der Waals surface area contributed by atoms with Crippen molar-refractivity contribution in [1.29, 1.82) is 0 Å². The molecule has 0 unspecified atom stereocenters. The van der Waals surface area contributed by atoms with Crippen LogP contribution in [0.5, 0.6) is 0 Å². The van der Waals surface area contributed by atoms with Crippen LogP contribution in [-0.4, -0.2) is 0 Å². The Balaban J connectivity index is 1.75. The number of allylic oxidation sites excluding steroid dienone is 4. The maximum atomic E-state index is 3.24. The zero-order chi connectivity index (χ0) is 12.5. The molecule has 0 aliphatic heterocycles. The molecule has 0 amide bonds. The van der Waals surface area contributed by atoms with E-state index >= 15 is 0 Å². The smallest absolute Gasteiger partial charge is 0.00229 e. The predicted octanol–water partition coefficient (Wildman–Crippen LogP) is 4.19. The average Bonchev–Trinajstić information content (AvgIpc) is 2.45. The monoisotopic (exact) mass is 232 g/mol. The van der Waals surface area contributed by atoms with Crippen molar-refractivity contribution in [2.75, 3.05) is 0 Å². The molecule has 2 aromatic carbocycles. The highest BCUT2D eigenvalue weighted by Crippen LogP contribution is 2.01. The summed E-state index contributed by atoms with van der Waals surface area (Å²) in [6.07, 6.45) is 12.1. The second kappa shape index (κ2) is 7.29. The van der Waals surface area contributed by atoms with Crippen LogP contribution in [-0.2, 0) is 12.8 Å². The second-order valence-corrected chi connectivity index (χ2v) is 4.07. The zero-order valence-corrected chi connectivity index (χ0v) is 10.3. The predicted molar refractivity (Wildman–Crippen MR) is 75.9 cm³/mol. The number of rotatable bonds is 5. The quantitative estimate of drug-likeness (QED) is 0.678. The van der Waals surface area contributed by atoms with Crippen LogP contribution in [0, 0.1) is 12.2 Å². The molecule has 0 nitrogen and oxygen atoms in total. The first kappa shape index (κ1) is 12.4. The van der Waals surface area contributed by atoms with Gasteiger partial charge in [0.15, 0.2) is 0 Å². The van der Waals surface area contributed by atoms with Gasteiger partial charge in [0.25, 0.3) is 0 Å². The summed E-state index contributed by atoms with van der Waals surface area (Å²) in [4.78, 5) is 0. The van der Waals surface area contributed by atoms with Crippen molar-refractivity contribution in [2.45, 2.75) is 12.8 Å². The first-order valence-corrected chi connectivity index (χ1v) is 6.15. The summed E-state index contributed by atoms with van der Waals surface area (Å²) in [5, 5.41) is 0. The highest BCUT2D eigenvalue weighted by atomic mass is 13.9. The first-order valence-electron chi connectivity index (χ1n) is 6.15. The number of hydrogen-bond donors (Lipinski definition) is 0. The van der Waals surface area contributed by atoms with E-state index in [0.29, 0.717) is 0 Å². The Morgan fingerprint density at radius 1 is 0.611 bits per heavy atom. The molecule has 0 aliphatic rings. The van der Waals surface area contributed by atoms with Gasteiger partial charge in [0, 0.05) is 0 Å². The maximum absolute atomic E-state index is 3.24. The van der Waals surface area contributed by atoms with E-state index in [1.165, 1.54) is 11.1 Å². The van der Waals surface area contributed by atoms with Gasteiger partial charge in [-0.25, -0.2) is 0 Å². The van der Waals surface area contributed by atoms with Crippen LogP contribution < -0.4 is 0 Å². The van der Waals surface area contributed by atoms with E-state index in [9.17, 15) is 0 Å². The summed E-state index contributed by atoms with van der Waals surface area (Å²) in [5.41, 5.74) is 2.57. The normalized spacial score (nSPS) is 11.3. The average molecular weight is 232 g/mol. The van der Waals surface area contributed by atoms with Crippen LogP contribution >= 0.6 is 0 Å². The second-order valence-electron chi connectivity index (χ2n) is 4.07. The summed E-state index contributed by atoms with van der Waals surface area (Å²) in [5.74, 6) is 0. The molecule has 0 heteroatoms. The molecule has 2 radical (unpaired) electrons. The van der Waals surface area contributed by atoms with Gasteiger partial charge in [-0.3, -0.25) is 0 Å². The van der Waals surface area contributed by atoms with E-state index in [-0.39, 0.29) is 0 Å². The van der Waals surface area contributed by atoms with E-state index in [0.717, 1.165) is 12.8 Å². The Morgan fingerprint density at radius 3 is 1.39 bits per heavy atom. The molecule has 0 fully saturated rings. The van der Waals surface area contributed by atoms with Gasteiger partial charge >= 0.3 is 0 Å². The Morgan fingerprint density at radius 2 is 1.00 bits per heavy atom. The van der Waals surface area contributed by atoms with Gasteiger partial charge in [0.2, 0.25) is 0 Å². The van der Waals surface area contributed by atoms with Crippen molar-refractivity contribution >= 4 is 0 Å². The third kappa shape index (κ3) is 4.42. The molecule has 0 heterocycles. The number of benzene rings is 2. The fourth-order valence-electron chi connectivity index (χ4n) is 1.66. The lowest BCUT2D eigenvalue weighted by molar-refractivity contribution is 1.22. The largest absolute Gasteiger partial charge is 0.0622 e. The minimum absolute atomic E-state index is 0.852. The van der Waals surface area contributed by atoms with Crippen LogP contribution in [0.4, 0.5) is 0 Å². The SMILES string of the molecule is [C](=CC=[C]Cc1ccccc1)Cc1ccccc1. The third-order valence-electron chi connectivity index (χ3n) is 2.62. The molecule has 0 spiro atoms. The summed E-state index contributed by atoms with van der Waals surface area (Å²) in [6.45, 7) is 0. The Hall–Kier alpha value is -2.08. The summed E-state index contributed by atoms with van der Waals surface area (Å²) in [7, 11) is 0. The van der Waals surface area contributed by atoms with E-state index < -0.39 is 0 Å². The summed E-state index contributed by atoms with van der Waals surface area (Å²) in [6, 6.07) is 20.7. The molecular formula is C18H16. The molecule has 0 aromatic heterocycles. The van der Waals surface area contributed by atoms with Gasteiger partial charge in [0.05, 0.1) is 0 Å². The van der Waals surface area contributed by atoms with E-state index in [4.69, 9.17) is 0 Å². The molecule has 88 valence electrons. The topological polar surface area (TPSA) is 0 Å². The van der Waals surface area contributed by atoms with Crippen molar-refractivity contribution < 1.29 is 0 Å². The third-order valence-corrected chi connectivity index (χ3v) is 2.62. The lowest BCUT2D eigenvalue weighted by Gasteiger charge is -1.93. The fraction of sp³-hybridized carbons (Fsp3) is 0.111. The van der Waals surface area contributed by atoms with Crippen molar-refractivity contribution in [1.82, 2.24) is 0 Å². The minimum Gasteiger partial charge on any atom is -0.0622 e. The van der Waals surface area contributed by atoms with Gasteiger partial charge < -0.3 is 0 Å². The van der Waals surface area contributed by atoms with E-state index in [1.54, 1.807) is 0 Å². The zero-order valence-electron chi connectivity index (χ0n) is 10.3. The fourth-order valence-corrected chi connectivity index (χ4v) is 1.66. The van der Waals surface area contributed by atoms with Crippen molar-refractivity contribution in [3.05, 3.63) is 96.1 Å². The Labute approximate surface area is 109 Å². The molecule has 2 rings (SSSR count). The van der Waals surface area contributed by atoms with Gasteiger partial charge in [0.1, 0.15) is 0 Å². The van der Waals surface area contributed by atoms with E-state index in [1.807, 2.05) is 48.6 Å². The van der Waals surface area contributed by atoms with Crippen LogP contribution in [0.2, 0.25) is 0 Å². The highest BCUT2D eigenvalue weighted by molar-refractivity contribution is 5.18. The van der Waals surface area contributed by atoms with Crippen molar-refractivity contribution in [2.24, 2.45) is 0 Å². The van der Waals surface area contributed by atoms with Crippen LogP contribution in [0.3, 0.4) is 0 Å². The van der Waals surface area contributed by atoms with Crippen molar-refractivity contribution in [3.8, 4) is 0 Å². The van der Waals surface area contributed by atoms with Crippen molar-refractivity contribution in [3.63, 3.8) is 0 Å². The molecule has 0 saturated heterocycles. The van der Waals surface area contributed by atoms with Gasteiger partial charge in [-0.05, 0) is 36.1 Å². The van der Waals surface area contributed by atoms with Gasteiger partial charge in [-0.2, -0.15) is 0 Å². The molecular weight excluding hydrogens is 216 g/mol. The molecule has 2 aromatic rings. The standard InChI is InChI=1S/C18H16/c1(5-11-17-13-7-3-8-14-17)2-6-12-18-15-9-4-10-16-18/h1-4,7-10,13-16H,11-12H2. The lowest BCUT2D eigenvalue weighted by Crippen LogP contribution is -1.79.